The molecule has 0 atom stereocenters. The summed E-state index contributed by atoms with van der Waals surface area (Å²) in [7, 11) is 1.69. The fourth-order valence-corrected chi connectivity index (χ4v) is 4.26. The summed E-state index contributed by atoms with van der Waals surface area (Å²) < 4.78 is 28.2. The van der Waals surface area contributed by atoms with Gasteiger partial charge in [-0.3, -0.25) is 9.78 Å². The number of carbonyl (C=O) groups is 1. The Bertz CT molecular complexity index is 1050. The fourth-order valence-electron chi connectivity index (χ4n) is 3.46. The molecule has 0 unspecified atom stereocenters. The number of nitrogens with zero attached hydrogens (tertiary/aromatic N) is 6. The quantitative estimate of drug-likeness (QED) is 0.641. The van der Waals surface area contributed by atoms with Crippen molar-refractivity contribution in [1.29, 1.82) is 0 Å². The molecule has 1 aliphatic rings. The van der Waals surface area contributed by atoms with Gasteiger partial charge in [0.1, 0.15) is 28.4 Å². The Morgan fingerprint density at radius 3 is 2.73 bits per heavy atom. The number of alkyl halides is 1. The summed E-state index contributed by atoms with van der Waals surface area (Å²) in [6.07, 6.45) is 3.82. The number of hydrogen-bond acceptors (Lipinski definition) is 8. The molecule has 0 saturated heterocycles. The van der Waals surface area contributed by atoms with Crippen LogP contribution in [0.5, 0.6) is 0 Å². The average molecular weight is 431 g/mol. The van der Waals surface area contributed by atoms with Crippen LogP contribution in [0.25, 0.3) is 10.7 Å². The number of halogens is 2. The van der Waals surface area contributed by atoms with Gasteiger partial charge in [0.2, 0.25) is 11.9 Å². The van der Waals surface area contributed by atoms with E-state index in [2.05, 4.69) is 30.5 Å². The zero-order valence-electron chi connectivity index (χ0n) is 16.3. The van der Waals surface area contributed by atoms with Gasteiger partial charge in [0.25, 0.3) is 0 Å². The summed E-state index contributed by atoms with van der Waals surface area (Å²) >= 11 is 1.37. The van der Waals surface area contributed by atoms with Crippen LogP contribution < -0.4 is 10.2 Å². The van der Waals surface area contributed by atoms with Crippen LogP contribution in [0, 0.1) is 5.82 Å². The van der Waals surface area contributed by atoms with E-state index in [4.69, 9.17) is 0 Å². The Kier molecular flexibility index (Phi) is 5.37. The van der Waals surface area contributed by atoms with E-state index < -0.39 is 17.5 Å². The van der Waals surface area contributed by atoms with Crippen molar-refractivity contribution in [2.45, 2.75) is 38.0 Å². The van der Waals surface area contributed by atoms with Gasteiger partial charge in [-0.2, -0.15) is 0 Å². The van der Waals surface area contributed by atoms with E-state index in [0.29, 0.717) is 17.2 Å². The summed E-state index contributed by atoms with van der Waals surface area (Å²) in [6.45, 7) is 1.83. The minimum atomic E-state index is -1.04. The molecule has 3 heterocycles. The molecule has 1 saturated carbocycles. The number of nitrogens with one attached hydrogen (secondary N) is 1. The molecule has 3 aromatic heterocycles. The Labute approximate surface area is 175 Å². The molecule has 4 rings (SSSR count). The van der Waals surface area contributed by atoms with Gasteiger partial charge in [-0.05, 0) is 12.1 Å². The minimum absolute atomic E-state index is 0.0987. The number of rotatable bonds is 6. The average Bonchev–Trinajstić information content (AvgIpc) is 3.19. The first-order chi connectivity index (χ1) is 14.4. The fraction of sp³-hybridized carbons (Fsp3) is 0.368. The number of pyridine rings is 1. The highest BCUT2D eigenvalue weighted by Crippen LogP contribution is 2.48. The highest BCUT2D eigenvalue weighted by Gasteiger charge is 2.52. The van der Waals surface area contributed by atoms with Crippen LogP contribution in [0.2, 0.25) is 0 Å². The van der Waals surface area contributed by atoms with Crippen LogP contribution >= 0.6 is 11.3 Å². The van der Waals surface area contributed by atoms with Crippen molar-refractivity contribution < 1.29 is 13.6 Å². The van der Waals surface area contributed by atoms with Gasteiger partial charge in [-0.25, -0.2) is 18.7 Å². The van der Waals surface area contributed by atoms with Crippen molar-refractivity contribution in [3.05, 3.63) is 47.1 Å². The van der Waals surface area contributed by atoms with Crippen LogP contribution in [0.3, 0.4) is 0 Å². The molecule has 0 spiro atoms. The van der Waals surface area contributed by atoms with Gasteiger partial charge in [-0.15, -0.1) is 21.5 Å². The topological polar surface area (TPSA) is 96.8 Å². The summed E-state index contributed by atoms with van der Waals surface area (Å²) in [6, 6.07) is 2.81. The van der Waals surface area contributed by atoms with Crippen LogP contribution in [0.15, 0.2) is 30.7 Å². The highest BCUT2D eigenvalue weighted by atomic mass is 32.1. The second kappa shape index (κ2) is 7.98. The van der Waals surface area contributed by atoms with Crippen LogP contribution in [0.1, 0.15) is 30.3 Å². The zero-order chi connectivity index (χ0) is 21.3. The lowest BCUT2D eigenvalue weighted by molar-refractivity contribution is -0.119. The maximum absolute atomic E-state index is 14.4. The first kappa shape index (κ1) is 20.2. The smallest absolute Gasteiger partial charge is 0.245 e. The molecule has 1 fully saturated rings. The van der Waals surface area contributed by atoms with Gasteiger partial charge in [0.05, 0.1) is 18.3 Å². The molecular weight excluding hydrogens is 412 g/mol. The molecule has 30 heavy (non-hydrogen) atoms. The van der Waals surface area contributed by atoms with Crippen molar-refractivity contribution in [2.75, 3.05) is 11.9 Å². The summed E-state index contributed by atoms with van der Waals surface area (Å²) in [5, 5.41) is 11.7. The predicted molar refractivity (Wildman–Crippen MR) is 107 cm³/mol. The second-order valence-corrected chi connectivity index (χ2v) is 8.23. The van der Waals surface area contributed by atoms with Gasteiger partial charge >= 0.3 is 0 Å². The number of carbonyl (C=O) groups excluding carboxylic acids is 1. The van der Waals surface area contributed by atoms with Crippen LogP contribution in [0.4, 0.5) is 14.7 Å². The number of thiazole rings is 1. The van der Waals surface area contributed by atoms with E-state index in [-0.39, 0.29) is 30.4 Å². The minimum Gasteiger partial charge on any atom is -0.351 e. The Hall–Kier alpha value is -3.08. The Morgan fingerprint density at radius 1 is 1.30 bits per heavy atom. The Morgan fingerprint density at radius 2 is 2.10 bits per heavy atom. The van der Waals surface area contributed by atoms with E-state index >= 15 is 0 Å². The zero-order valence-corrected chi connectivity index (χ0v) is 17.2. The molecule has 1 aliphatic carbocycles. The van der Waals surface area contributed by atoms with Crippen molar-refractivity contribution in [2.24, 2.45) is 0 Å². The number of anilines is 1. The lowest BCUT2D eigenvalue weighted by atomic mass is 9.71. The molecular formula is C19H19F2N7OS. The van der Waals surface area contributed by atoms with Gasteiger partial charge in [0.15, 0.2) is 0 Å². The lowest BCUT2D eigenvalue weighted by Crippen LogP contribution is -2.56. The van der Waals surface area contributed by atoms with Crippen LogP contribution in [-0.2, 0) is 16.9 Å². The molecule has 156 valence electrons. The number of hydrogen-bond donors (Lipinski definition) is 1. The second-order valence-electron chi connectivity index (χ2n) is 7.11. The van der Waals surface area contributed by atoms with Gasteiger partial charge in [0, 0.05) is 44.1 Å². The van der Waals surface area contributed by atoms with E-state index in [9.17, 15) is 13.6 Å². The molecule has 8 nitrogen and oxygen atoms in total. The SMILES string of the molecule is CC(=O)NCc1cnc(-c2cnc(N(C)[C@]3(c4ncccc4F)C[C@@H](F)C3)nn2)s1. The maximum Gasteiger partial charge on any atom is 0.245 e. The van der Waals surface area contributed by atoms with Crippen molar-refractivity contribution in [1.82, 2.24) is 30.5 Å². The van der Waals surface area contributed by atoms with E-state index in [1.807, 2.05) is 0 Å². The largest absolute Gasteiger partial charge is 0.351 e. The van der Waals surface area contributed by atoms with Crippen molar-refractivity contribution in [3.63, 3.8) is 0 Å². The maximum atomic E-state index is 14.4. The third-order valence-corrected chi connectivity index (χ3v) is 6.11. The van der Waals surface area contributed by atoms with E-state index in [0.717, 1.165) is 4.88 Å². The van der Waals surface area contributed by atoms with Gasteiger partial charge in [-0.1, -0.05) is 0 Å². The van der Waals surface area contributed by atoms with E-state index in [1.165, 1.54) is 42.8 Å². The normalized spacial score (nSPS) is 20.5. The molecule has 0 aromatic carbocycles. The molecule has 0 aliphatic heterocycles. The van der Waals surface area contributed by atoms with Gasteiger partial charge < -0.3 is 10.2 Å². The monoisotopic (exact) mass is 431 g/mol. The lowest BCUT2D eigenvalue weighted by Gasteiger charge is -2.49. The standard InChI is InChI=1S/C19H19F2N7OS/c1-11(29)23-8-13-9-24-17(30-13)15-10-25-18(27-26-15)28(2)19(6-12(20)7-19)16-14(21)4-3-5-22-16/h3-5,9-10,12H,6-8H2,1-2H3,(H,23,29)/t12-,19-. The third kappa shape index (κ3) is 3.72. The van der Waals surface area contributed by atoms with Crippen LogP contribution in [-0.4, -0.2) is 44.3 Å². The first-order valence-electron chi connectivity index (χ1n) is 9.27. The molecule has 0 bridgehead atoms. The first-order valence-corrected chi connectivity index (χ1v) is 10.1. The number of amides is 1. The van der Waals surface area contributed by atoms with Crippen molar-refractivity contribution in [3.8, 4) is 10.7 Å². The number of aromatic nitrogens is 5. The summed E-state index contributed by atoms with van der Waals surface area (Å²) in [4.78, 5) is 26.3. The molecule has 1 N–H and O–H groups in total. The summed E-state index contributed by atoms with van der Waals surface area (Å²) in [5.41, 5.74) is -0.307. The molecule has 3 aromatic rings. The molecule has 0 radical (unpaired) electrons. The molecule has 11 heteroatoms. The summed E-state index contributed by atoms with van der Waals surface area (Å²) in [5.74, 6) is -0.371. The van der Waals surface area contributed by atoms with E-state index in [1.54, 1.807) is 18.1 Å². The third-order valence-electron chi connectivity index (χ3n) is 5.09. The molecule has 1 amide bonds. The Balaban J connectivity index is 1.56. The highest BCUT2D eigenvalue weighted by molar-refractivity contribution is 7.14. The van der Waals surface area contributed by atoms with Crippen molar-refractivity contribution >= 4 is 23.2 Å². The predicted octanol–water partition coefficient (Wildman–Crippen LogP) is 2.63.